The smallest absolute Gasteiger partial charge is 0.242 e. The molecule has 134 valence electrons. The maximum atomic E-state index is 12.9. The van der Waals surface area contributed by atoms with E-state index in [-0.39, 0.29) is 17.4 Å². The first-order valence-electron chi connectivity index (χ1n) is 9.26. The number of hydrogen-bond donors (Lipinski definition) is 1. The zero-order valence-electron chi connectivity index (χ0n) is 14.9. The van der Waals surface area contributed by atoms with E-state index in [2.05, 4.69) is 30.1 Å². The first kappa shape index (κ1) is 16.6. The molecule has 0 radical (unpaired) electrons. The number of aromatic nitrogens is 1. The van der Waals surface area contributed by atoms with Crippen LogP contribution in [0.25, 0.3) is 10.9 Å². The van der Waals surface area contributed by atoms with E-state index >= 15 is 0 Å². The van der Waals surface area contributed by atoms with Gasteiger partial charge in [0.05, 0.1) is 6.10 Å². The maximum absolute atomic E-state index is 12.9. The van der Waals surface area contributed by atoms with Gasteiger partial charge in [0.15, 0.2) is 0 Å². The molecule has 0 aliphatic carbocycles. The highest BCUT2D eigenvalue weighted by Crippen LogP contribution is 2.38. The average molecular weight is 341 g/mol. The van der Waals surface area contributed by atoms with Gasteiger partial charge in [0, 0.05) is 43.3 Å². The number of amides is 1. The van der Waals surface area contributed by atoms with Gasteiger partial charge in [0.2, 0.25) is 5.91 Å². The van der Waals surface area contributed by atoms with E-state index in [9.17, 15) is 9.90 Å². The molecule has 3 heterocycles. The molecule has 2 aliphatic heterocycles. The molecule has 2 fully saturated rings. The van der Waals surface area contributed by atoms with Crippen LogP contribution in [0.1, 0.15) is 19.3 Å². The van der Waals surface area contributed by atoms with Crippen LogP contribution >= 0.6 is 0 Å². The first-order valence-corrected chi connectivity index (χ1v) is 9.26. The molecule has 5 nitrogen and oxygen atoms in total. The van der Waals surface area contributed by atoms with Gasteiger partial charge in [0.25, 0.3) is 0 Å². The van der Waals surface area contributed by atoms with Crippen molar-refractivity contribution in [2.24, 2.45) is 5.41 Å². The first-order chi connectivity index (χ1) is 12.1. The molecule has 1 aromatic carbocycles. The van der Waals surface area contributed by atoms with Crippen molar-refractivity contribution >= 4 is 16.8 Å². The highest BCUT2D eigenvalue weighted by Gasteiger charge is 2.45. The summed E-state index contributed by atoms with van der Waals surface area (Å²) in [5, 5.41) is 11.8. The summed E-state index contributed by atoms with van der Waals surface area (Å²) in [5.41, 5.74) is 0.944. The monoisotopic (exact) mass is 341 g/mol. The van der Waals surface area contributed by atoms with Crippen molar-refractivity contribution in [3.63, 3.8) is 0 Å². The third-order valence-corrected chi connectivity index (χ3v) is 6.02. The Morgan fingerprint density at radius 1 is 1.24 bits per heavy atom. The molecule has 25 heavy (non-hydrogen) atoms. The molecule has 4 rings (SSSR count). The number of aliphatic hydroxyl groups is 1. The van der Waals surface area contributed by atoms with Crippen molar-refractivity contribution in [1.82, 2.24) is 14.4 Å². The summed E-state index contributed by atoms with van der Waals surface area (Å²) in [6, 6.07) is 10.2. The van der Waals surface area contributed by atoms with E-state index in [0.717, 1.165) is 49.8 Å². The van der Waals surface area contributed by atoms with Crippen molar-refractivity contribution < 1.29 is 9.90 Å². The molecular formula is C20H27N3O2. The molecule has 1 amide bonds. The fraction of sp³-hybridized carbons (Fsp3) is 0.550. The number of hydrogen-bond acceptors (Lipinski definition) is 3. The molecule has 2 atom stereocenters. The molecule has 1 aromatic heterocycles. The lowest BCUT2D eigenvalue weighted by Crippen LogP contribution is -2.59. The molecule has 0 bridgehead atoms. The number of benzene rings is 1. The molecule has 2 aliphatic rings. The molecule has 1 spiro atoms. The van der Waals surface area contributed by atoms with Crippen LogP contribution in [0.3, 0.4) is 0 Å². The fourth-order valence-corrected chi connectivity index (χ4v) is 4.67. The van der Waals surface area contributed by atoms with Gasteiger partial charge in [-0.25, -0.2) is 0 Å². The minimum absolute atomic E-state index is 0.153. The quantitative estimate of drug-likeness (QED) is 0.908. The van der Waals surface area contributed by atoms with Gasteiger partial charge in [-0.05, 0) is 43.8 Å². The number of rotatable bonds is 2. The van der Waals surface area contributed by atoms with Crippen molar-refractivity contribution in [2.75, 3.05) is 33.2 Å². The summed E-state index contributed by atoms with van der Waals surface area (Å²) in [7, 11) is 2.11. The third-order valence-electron chi connectivity index (χ3n) is 6.02. The Morgan fingerprint density at radius 3 is 2.96 bits per heavy atom. The molecule has 1 N–H and O–H groups in total. The molecule has 5 heteroatoms. The minimum Gasteiger partial charge on any atom is -0.392 e. The molecular weight excluding hydrogens is 314 g/mol. The number of carbonyl (C=O) groups excluding carboxylic acids is 1. The predicted molar refractivity (Wildman–Crippen MR) is 98.3 cm³/mol. The second-order valence-electron chi connectivity index (χ2n) is 7.83. The van der Waals surface area contributed by atoms with Gasteiger partial charge in [-0.2, -0.15) is 0 Å². The molecule has 2 saturated heterocycles. The van der Waals surface area contributed by atoms with Crippen LogP contribution in [0.4, 0.5) is 0 Å². The van der Waals surface area contributed by atoms with E-state index in [0.29, 0.717) is 13.1 Å². The van der Waals surface area contributed by atoms with Crippen molar-refractivity contribution in [3.8, 4) is 0 Å². The van der Waals surface area contributed by atoms with Gasteiger partial charge in [-0.3, -0.25) is 4.79 Å². The van der Waals surface area contributed by atoms with Gasteiger partial charge >= 0.3 is 0 Å². The zero-order valence-corrected chi connectivity index (χ0v) is 14.9. The number of aliphatic hydroxyl groups excluding tert-OH is 1. The van der Waals surface area contributed by atoms with Crippen LogP contribution < -0.4 is 0 Å². The lowest BCUT2D eigenvalue weighted by atomic mass is 9.71. The summed E-state index contributed by atoms with van der Waals surface area (Å²) >= 11 is 0. The van der Waals surface area contributed by atoms with Gasteiger partial charge < -0.3 is 19.5 Å². The Hall–Kier alpha value is -1.85. The van der Waals surface area contributed by atoms with E-state index in [1.54, 1.807) is 0 Å². The minimum atomic E-state index is -0.299. The lowest BCUT2D eigenvalue weighted by Gasteiger charge is -2.50. The number of para-hydroxylation sites is 1. The van der Waals surface area contributed by atoms with Crippen LogP contribution in [-0.2, 0) is 11.3 Å². The standard InChI is InChI=1S/C20H27N3O2/c1-21-11-8-18(24)20(14-21)9-4-10-23(15-20)19(25)13-22-12-7-16-5-2-3-6-17(16)22/h2-3,5-7,12,18,24H,4,8-11,13-15H2,1H3/t18-,20-/m0/s1. The topological polar surface area (TPSA) is 48.7 Å². The number of nitrogens with zero attached hydrogens (tertiary/aromatic N) is 3. The second-order valence-corrected chi connectivity index (χ2v) is 7.83. The molecule has 0 saturated carbocycles. The van der Waals surface area contributed by atoms with Crippen LogP contribution in [0, 0.1) is 5.41 Å². The van der Waals surface area contributed by atoms with Gasteiger partial charge in [-0.15, -0.1) is 0 Å². The highest BCUT2D eigenvalue weighted by atomic mass is 16.3. The zero-order chi connectivity index (χ0) is 17.4. The molecule has 0 unspecified atom stereocenters. The average Bonchev–Trinajstić information content (AvgIpc) is 3.02. The van der Waals surface area contributed by atoms with E-state index in [4.69, 9.17) is 0 Å². The van der Waals surface area contributed by atoms with Crippen LogP contribution in [0.2, 0.25) is 0 Å². The Morgan fingerprint density at radius 2 is 2.08 bits per heavy atom. The maximum Gasteiger partial charge on any atom is 0.242 e. The molecule has 2 aromatic rings. The second kappa shape index (κ2) is 6.46. The predicted octanol–water partition coefficient (Wildman–Crippen LogP) is 1.95. The number of piperidine rings is 2. The Balaban J connectivity index is 1.50. The van der Waals surface area contributed by atoms with Crippen LogP contribution in [-0.4, -0.2) is 64.7 Å². The largest absolute Gasteiger partial charge is 0.392 e. The summed E-state index contributed by atoms with van der Waals surface area (Å²) < 4.78 is 2.03. The number of likely N-dealkylation sites (tertiary alicyclic amines) is 2. The number of fused-ring (bicyclic) bond motifs is 1. The summed E-state index contributed by atoms with van der Waals surface area (Å²) in [6.45, 7) is 3.67. The van der Waals surface area contributed by atoms with Gasteiger partial charge in [-0.1, -0.05) is 18.2 Å². The summed E-state index contributed by atoms with van der Waals surface area (Å²) in [6.07, 6.45) is 4.48. The highest BCUT2D eigenvalue weighted by molar-refractivity contribution is 5.83. The SMILES string of the molecule is CN1CC[C@H](O)[C@@]2(CCCN(C(=O)Cn3ccc4ccccc43)C2)C1. The fourth-order valence-electron chi connectivity index (χ4n) is 4.67. The van der Waals surface area contributed by atoms with Crippen molar-refractivity contribution in [2.45, 2.75) is 31.9 Å². The normalized spacial score (nSPS) is 27.9. The Bertz CT molecular complexity index is 771. The summed E-state index contributed by atoms with van der Waals surface area (Å²) in [5.74, 6) is 0.154. The van der Waals surface area contributed by atoms with Crippen LogP contribution in [0.5, 0.6) is 0 Å². The van der Waals surface area contributed by atoms with Gasteiger partial charge in [0.1, 0.15) is 6.54 Å². The third kappa shape index (κ3) is 3.07. The Labute approximate surface area is 148 Å². The van der Waals surface area contributed by atoms with Crippen LogP contribution in [0.15, 0.2) is 36.5 Å². The Kier molecular flexibility index (Phi) is 4.29. The number of carbonyl (C=O) groups is 1. The lowest BCUT2D eigenvalue weighted by molar-refractivity contribution is -0.141. The summed E-state index contributed by atoms with van der Waals surface area (Å²) in [4.78, 5) is 17.2. The van der Waals surface area contributed by atoms with E-state index < -0.39 is 0 Å². The van der Waals surface area contributed by atoms with E-state index in [1.807, 2.05) is 27.8 Å². The van der Waals surface area contributed by atoms with Crippen molar-refractivity contribution in [1.29, 1.82) is 0 Å². The van der Waals surface area contributed by atoms with Crippen molar-refractivity contribution in [3.05, 3.63) is 36.5 Å². The van der Waals surface area contributed by atoms with E-state index in [1.165, 1.54) is 0 Å².